The van der Waals surface area contributed by atoms with Crippen LogP contribution in [0.3, 0.4) is 0 Å². The molecule has 2 aromatic heterocycles. The molecule has 1 aliphatic heterocycles. The first-order chi connectivity index (χ1) is 8.16. The van der Waals surface area contributed by atoms with Gasteiger partial charge in [-0.1, -0.05) is 25.4 Å². The van der Waals surface area contributed by atoms with Crippen LogP contribution in [0.5, 0.6) is 0 Å². The van der Waals surface area contributed by atoms with Crippen LogP contribution in [0.1, 0.15) is 36.6 Å². The Labute approximate surface area is 105 Å². The third-order valence-electron chi connectivity index (χ3n) is 3.33. The summed E-state index contributed by atoms with van der Waals surface area (Å²) in [5.74, 6) is 0.384. The van der Waals surface area contributed by atoms with Crippen LogP contribution in [-0.2, 0) is 17.8 Å². The number of aromatic amines is 1. The van der Waals surface area contributed by atoms with Crippen molar-refractivity contribution >= 4 is 22.6 Å². The van der Waals surface area contributed by atoms with E-state index in [-0.39, 0.29) is 0 Å². The van der Waals surface area contributed by atoms with Gasteiger partial charge in [-0.25, -0.2) is 4.98 Å². The van der Waals surface area contributed by atoms with Gasteiger partial charge in [0.25, 0.3) is 0 Å². The van der Waals surface area contributed by atoms with Crippen LogP contribution in [0.15, 0.2) is 6.07 Å². The van der Waals surface area contributed by atoms with E-state index in [0.717, 1.165) is 29.6 Å². The number of halogens is 1. The Morgan fingerprint density at radius 3 is 3.06 bits per heavy atom. The number of fused-ring (bicyclic) bond motifs is 3. The number of hydrogen-bond acceptors (Lipinski definition) is 2. The molecule has 0 fully saturated rings. The Balaban J connectivity index is 2.26. The third-order valence-corrected chi connectivity index (χ3v) is 3.63. The molecule has 3 heterocycles. The highest BCUT2D eigenvalue weighted by Crippen LogP contribution is 2.31. The number of hydrogen-bond donors (Lipinski definition) is 1. The molecule has 0 spiro atoms. The van der Waals surface area contributed by atoms with Crippen LogP contribution >= 0.6 is 11.6 Å². The molecule has 17 heavy (non-hydrogen) atoms. The molecule has 90 valence electrons. The first-order valence-electron chi connectivity index (χ1n) is 5.94. The molecule has 0 amide bonds. The van der Waals surface area contributed by atoms with Gasteiger partial charge in [-0.2, -0.15) is 0 Å². The zero-order valence-electron chi connectivity index (χ0n) is 10.0. The van der Waals surface area contributed by atoms with Crippen molar-refractivity contribution in [1.82, 2.24) is 9.97 Å². The van der Waals surface area contributed by atoms with Gasteiger partial charge in [0.15, 0.2) is 0 Å². The van der Waals surface area contributed by atoms with Crippen LogP contribution in [0.25, 0.3) is 11.0 Å². The van der Waals surface area contributed by atoms with Crippen molar-refractivity contribution in [2.45, 2.75) is 32.8 Å². The summed E-state index contributed by atoms with van der Waals surface area (Å²) in [6.45, 7) is 5.72. The lowest BCUT2D eigenvalue weighted by Gasteiger charge is -2.12. The lowest BCUT2D eigenvalue weighted by molar-refractivity contribution is 0.111. The fraction of sp³-hybridized carbons (Fsp3) is 0.462. The fourth-order valence-electron chi connectivity index (χ4n) is 2.34. The summed E-state index contributed by atoms with van der Waals surface area (Å²) in [6, 6.07) is 2.15. The highest BCUT2D eigenvalue weighted by atomic mass is 35.5. The number of H-pyrrole nitrogens is 1. The highest BCUT2D eigenvalue weighted by Gasteiger charge is 2.18. The minimum atomic E-state index is 0.384. The van der Waals surface area contributed by atoms with E-state index in [1.165, 1.54) is 11.3 Å². The molecule has 4 heteroatoms. The molecule has 3 rings (SSSR count). The Kier molecular flexibility index (Phi) is 2.60. The molecule has 0 saturated heterocycles. The van der Waals surface area contributed by atoms with Gasteiger partial charge >= 0.3 is 0 Å². The quantitative estimate of drug-likeness (QED) is 0.788. The molecule has 0 aromatic carbocycles. The third kappa shape index (κ3) is 1.74. The molecule has 0 unspecified atom stereocenters. The molecule has 0 radical (unpaired) electrons. The molecule has 0 atom stereocenters. The second-order valence-corrected chi connectivity index (χ2v) is 5.16. The number of aromatic nitrogens is 2. The van der Waals surface area contributed by atoms with Crippen LogP contribution in [0.2, 0.25) is 5.15 Å². The molecule has 0 aliphatic carbocycles. The van der Waals surface area contributed by atoms with E-state index in [0.29, 0.717) is 17.7 Å². The van der Waals surface area contributed by atoms with E-state index in [9.17, 15) is 0 Å². The maximum absolute atomic E-state index is 6.20. The minimum Gasteiger partial charge on any atom is -0.376 e. The molecule has 0 saturated carbocycles. The van der Waals surface area contributed by atoms with Crippen molar-refractivity contribution < 1.29 is 4.74 Å². The summed E-state index contributed by atoms with van der Waals surface area (Å²) in [5.41, 5.74) is 4.48. The Hall–Kier alpha value is -1.06. The first kappa shape index (κ1) is 11.1. The van der Waals surface area contributed by atoms with Crippen LogP contribution in [0, 0.1) is 0 Å². The monoisotopic (exact) mass is 250 g/mol. The summed E-state index contributed by atoms with van der Waals surface area (Å²) in [4.78, 5) is 7.80. The van der Waals surface area contributed by atoms with E-state index in [1.54, 1.807) is 0 Å². The lowest BCUT2D eigenvalue weighted by atomic mass is 10.0. The molecule has 2 aromatic rings. The van der Waals surface area contributed by atoms with Crippen molar-refractivity contribution in [3.63, 3.8) is 0 Å². The number of ether oxygens (including phenoxy) is 1. The van der Waals surface area contributed by atoms with Gasteiger partial charge in [0, 0.05) is 23.1 Å². The molecular formula is C13H15ClN2O. The topological polar surface area (TPSA) is 37.9 Å². The molecule has 3 nitrogen and oxygen atoms in total. The molecule has 0 bridgehead atoms. The van der Waals surface area contributed by atoms with Gasteiger partial charge in [0.05, 0.1) is 13.2 Å². The Bertz CT molecular complexity index is 574. The molecular weight excluding hydrogens is 236 g/mol. The zero-order chi connectivity index (χ0) is 12.0. The van der Waals surface area contributed by atoms with Crippen LogP contribution in [-0.4, -0.2) is 16.6 Å². The fourth-order valence-corrected chi connectivity index (χ4v) is 2.70. The summed E-state index contributed by atoms with van der Waals surface area (Å²) >= 11 is 6.20. The lowest BCUT2D eigenvalue weighted by Crippen LogP contribution is -2.08. The van der Waals surface area contributed by atoms with Crippen molar-refractivity contribution in [1.29, 1.82) is 0 Å². The second-order valence-electron chi connectivity index (χ2n) is 4.80. The maximum Gasteiger partial charge on any atom is 0.139 e. The van der Waals surface area contributed by atoms with Gasteiger partial charge in [-0.05, 0) is 17.5 Å². The van der Waals surface area contributed by atoms with Gasteiger partial charge in [0.1, 0.15) is 10.8 Å². The average molecular weight is 251 g/mol. The van der Waals surface area contributed by atoms with Gasteiger partial charge in [-0.15, -0.1) is 0 Å². The number of nitrogens with one attached hydrogen (secondary N) is 1. The van der Waals surface area contributed by atoms with Crippen molar-refractivity contribution in [3.05, 3.63) is 28.0 Å². The Morgan fingerprint density at radius 1 is 1.47 bits per heavy atom. The standard InChI is InChI=1S/C13H15ClN2O/c1-7(2)8-5-9-10-6-17-4-3-11(10)15-13(9)16-12(8)14/h5,7H,3-4,6H2,1-2H3,(H,15,16). The van der Waals surface area contributed by atoms with Crippen LogP contribution in [0.4, 0.5) is 0 Å². The number of pyridine rings is 1. The predicted octanol–water partition coefficient (Wildman–Crippen LogP) is 3.41. The maximum atomic E-state index is 6.20. The average Bonchev–Trinajstić information content (AvgIpc) is 2.64. The predicted molar refractivity (Wildman–Crippen MR) is 68.6 cm³/mol. The van der Waals surface area contributed by atoms with E-state index in [2.05, 4.69) is 29.9 Å². The molecule has 1 N–H and O–H groups in total. The van der Waals surface area contributed by atoms with Crippen molar-refractivity contribution in [2.24, 2.45) is 0 Å². The van der Waals surface area contributed by atoms with E-state index in [4.69, 9.17) is 16.3 Å². The summed E-state index contributed by atoms with van der Waals surface area (Å²) in [7, 11) is 0. The van der Waals surface area contributed by atoms with Crippen molar-refractivity contribution in [3.8, 4) is 0 Å². The smallest absolute Gasteiger partial charge is 0.139 e. The SMILES string of the molecule is CC(C)c1cc2c3c([nH]c2nc1Cl)CCOC3. The summed E-state index contributed by atoms with van der Waals surface area (Å²) in [5, 5.41) is 1.76. The minimum absolute atomic E-state index is 0.384. The number of nitrogens with zero attached hydrogens (tertiary/aromatic N) is 1. The van der Waals surface area contributed by atoms with Gasteiger partial charge in [-0.3, -0.25) is 0 Å². The first-order valence-corrected chi connectivity index (χ1v) is 6.32. The largest absolute Gasteiger partial charge is 0.376 e. The normalized spacial score (nSPS) is 15.5. The zero-order valence-corrected chi connectivity index (χ0v) is 10.8. The van der Waals surface area contributed by atoms with E-state index in [1.807, 2.05) is 0 Å². The Morgan fingerprint density at radius 2 is 2.29 bits per heavy atom. The van der Waals surface area contributed by atoms with E-state index < -0.39 is 0 Å². The van der Waals surface area contributed by atoms with Crippen LogP contribution < -0.4 is 0 Å². The van der Waals surface area contributed by atoms with Gasteiger partial charge in [0.2, 0.25) is 0 Å². The summed E-state index contributed by atoms with van der Waals surface area (Å²) < 4.78 is 5.51. The van der Waals surface area contributed by atoms with Crippen molar-refractivity contribution in [2.75, 3.05) is 6.61 Å². The van der Waals surface area contributed by atoms with E-state index >= 15 is 0 Å². The summed E-state index contributed by atoms with van der Waals surface area (Å²) in [6.07, 6.45) is 0.931. The molecule has 1 aliphatic rings. The number of rotatable bonds is 1. The highest BCUT2D eigenvalue weighted by molar-refractivity contribution is 6.30. The second kappa shape index (κ2) is 4.00. The van der Waals surface area contributed by atoms with Gasteiger partial charge < -0.3 is 9.72 Å².